The lowest BCUT2D eigenvalue weighted by Gasteiger charge is -2.04. The summed E-state index contributed by atoms with van der Waals surface area (Å²) in [5, 5.41) is 3.17. The largest absolute Gasteiger partial charge is 0.370 e. The Bertz CT molecular complexity index is 442. The number of nitrogens with zero attached hydrogens (tertiary/aromatic N) is 3. The van der Waals surface area contributed by atoms with Crippen LogP contribution in [0, 0.1) is 0 Å². The van der Waals surface area contributed by atoms with Gasteiger partial charge in [-0.05, 0) is 18.6 Å². The van der Waals surface area contributed by atoms with Crippen molar-refractivity contribution in [3.63, 3.8) is 0 Å². The van der Waals surface area contributed by atoms with Gasteiger partial charge in [0.05, 0.1) is 5.69 Å². The van der Waals surface area contributed by atoms with E-state index < -0.39 is 0 Å². The normalized spacial score (nSPS) is 10.1. The Morgan fingerprint density at radius 1 is 1.31 bits per heavy atom. The van der Waals surface area contributed by atoms with Gasteiger partial charge >= 0.3 is 0 Å². The van der Waals surface area contributed by atoms with Crippen LogP contribution in [0.1, 0.15) is 18.2 Å². The van der Waals surface area contributed by atoms with Gasteiger partial charge in [0.2, 0.25) is 0 Å². The Morgan fingerprint density at radius 3 is 3.00 bits per heavy atom. The summed E-state index contributed by atoms with van der Waals surface area (Å²) in [5.41, 5.74) is 2.16. The topological polar surface area (TPSA) is 50.7 Å². The predicted molar refractivity (Wildman–Crippen MR) is 63.2 cm³/mol. The summed E-state index contributed by atoms with van der Waals surface area (Å²) in [6.07, 6.45) is 6.00. The van der Waals surface area contributed by atoms with Crippen LogP contribution in [0.15, 0.2) is 36.9 Å². The van der Waals surface area contributed by atoms with Crippen molar-refractivity contribution in [3.8, 4) is 0 Å². The van der Waals surface area contributed by atoms with E-state index in [2.05, 4.69) is 20.3 Å². The molecule has 1 N–H and O–H groups in total. The Morgan fingerprint density at radius 2 is 2.25 bits per heavy atom. The van der Waals surface area contributed by atoms with Crippen molar-refractivity contribution >= 4 is 5.82 Å². The van der Waals surface area contributed by atoms with Crippen molar-refractivity contribution in [3.05, 3.63) is 48.2 Å². The fourth-order valence-electron chi connectivity index (χ4n) is 1.48. The molecule has 16 heavy (non-hydrogen) atoms. The third kappa shape index (κ3) is 2.76. The quantitative estimate of drug-likeness (QED) is 0.844. The molecule has 0 unspecified atom stereocenters. The maximum absolute atomic E-state index is 4.24. The molecule has 0 saturated heterocycles. The van der Waals surface area contributed by atoms with Crippen LogP contribution in [0.4, 0.5) is 5.82 Å². The number of aromatic nitrogens is 3. The van der Waals surface area contributed by atoms with Gasteiger partial charge in [-0.25, -0.2) is 9.97 Å². The minimum atomic E-state index is 0.786. The van der Waals surface area contributed by atoms with E-state index in [1.54, 1.807) is 12.5 Å². The van der Waals surface area contributed by atoms with Gasteiger partial charge in [0.15, 0.2) is 0 Å². The van der Waals surface area contributed by atoms with E-state index in [1.807, 2.05) is 31.3 Å². The van der Waals surface area contributed by atoms with E-state index in [9.17, 15) is 0 Å². The molecule has 0 fully saturated rings. The Labute approximate surface area is 94.8 Å². The maximum atomic E-state index is 4.24. The highest BCUT2D eigenvalue weighted by Gasteiger charge is 1.99. The number of nitrogens with one attached hydrogen (secondary N) is 1. The highest BCUT2D eigenvalue weighted by atomic mass is 15.0. The molecule has 2 aromatic heterocycles. The highest BCUT2D eigenvalue weighted by Crippen LogP contribution is 2.08. The van der Waals surface area contributed by atoms with Crippen molar-refractivity contribution in [2.45, 2.75) is 13.3 Å². The summed E-state index contributed by atoms with van der Waals surface area (Å²) < 4.78 is 0. The third-order valence-electron chi connectivity index (χ3n) is 2.19. The molecule has 0 saturated carbocycles. The molecule has 0 radical (unpaired) electrons. The first-order valence-corrected chi connectivity index (χ1v) is 5.32. The van der Waals surface area contributed by atoms with Crippen LogP contribution in [0.3, 0.4) is 0 Å². The van der Waals surface area contributed by atoms with Gasteiger partial charge < -0.3 is 5.32 Å². The third-order valence-corrected chi connectivity index (χ3v) is 2.19. The summed E-state index contributed by atoms with van der Waals surface area (Å²) >= 11 is 0. The molecule has 0 aliphatic carbocycles. The molecule has 2 aromatic rings. The first-order chi connectivity index (χ1) is 7.88. The van der Waals surface area contributed by atoms with Crippen LogP contribution in [0.5, 0.6) is 0 Å². The number of hydrogen-bond acceptors (Lipinski definition) is 4. The lowest BCUT2D eigenvalue weighted by Crippen LogP contribution is -2.01. The van der Waals surface area contributed by atoms with Gasteiger partial charge in [0.25, 0.3) is 0 Å². The van der Waals surface area contributed by atoms with E-state index in [0.717, 1.165) is 30.0 Å². The molecule has 0 aromatic carbocycles. The second kappa shape index (κ2) is 5.21. The van der Waals surface area contributed by atoms with Crippen molar-refractivity contribution in [1.82, 2.24) is 15.0 Å². The van der Waals surface area contributed by atoms with Crippen molar-refractivity contribution in [2.75, 3.05) is 11.9 Å². The van der Waals surface area contributed by atoms with Gasteiger partial charge in [-0.1, -0.05) is 6.07 Å². The zero-order chi connectivity index (χ0) is 11.2. The molecule has 4 heteroatoms. The number of hydrogen-bond donors (Lipinski definition) is 1. The molecule has 2 heterocycles. The van der Waals surface area contributed by atoms with Crippen LogP contribution < -0.4 is 5.32 Å². The van der Waals surface area contributed by atoms with Crippen LogP contribution >= 0.6 is 0 Å². The summed E-state index contributed by atoms with van der Waals surface area (Å²) in [6.45, 7) is 2.91. The van der Waals surface area contributed by atoms with Gasteiger partial charge in [-0.2, -0.15) is 0 Å². The number of anilines is 1. The molecule has 4 nitrogen and oxygen atoms in total. The van der Waals surface area contributed by atoms with Gasteiger partial charge in [0.1, 0.15) is 12.1 Å². The molecule has 0 aliphatic rings. The Balaban J connectivity index is 2.12. The lowest BCUT2D eigenvalue weighted by molar-refractivity contribution is 1.01. The summed E-state index contributed by atoms with van der Waals surface area (Å²) in [4.78, 5) is 12.5. The summed E-state index contributed by atoms with van der Waals surface area (Å²) in [6, 6.07) is 5.94. The highest BCUT2D eigenvalue weighted by molar-refractivity contribution is 5.35. The standard InChI is InChI=1S/C12H14N4/c1-2-14-12-7-11(15-9-16-12)6-10-4-3-5-13-8-10/h3-5,7-9H,2,6H2,1H3,(H,14,15,16). The van der Waals surface area contributed by atoms with E-state index in [0.29, 0.717) is 0 Å². The number of rotatable bonds is 4. The first-order valence-electron chi connectivity index (χ1n) is 5.32. The van der Waals surface area contributed by atoms with E-state index in [1.165, 1.54) is 0 Å². The molecule has 0 amide bonds. The Hall–Kier alpha value is -1.97. The second-order valence-corrected chi connectivity index (χ2v) is 3.46. The first kappa shape index (κ1) is 10.5. The average molecular weight is 214 g/mol. The molecule has 0 spiro atoms. The van der Waals surface area contributed by atoms with Crippen molar-refractivity contribution in [2.24, 2.45) is 0 Å². The van der Waals surface area contributed by atoms with Crippen LogP contribution in [-0.4, -0.2) is 21.5 Å². The van der Waals surface area contributed by atoms with Gasteiger partial charge in [0, 0.05) is 31.4 Å². The van der Waals surface area contributed by atoms with E-state index >= 15 is 0 Å². The van der Waals surface area contributed by atoms with Crippen molar-refractivity contribution < 1.29 is 0 Å². The van der Waals surface area contributed by atoms with Crippen molar-refractivity contribution in [1.29, 1.82) is 0 Å². The summed E-state index contributed by atoms with van der Waals surface area (Å²) in [5.74, 6) is 0.872. The molecular weight excluding hydrogens is 200 g/mol. The lowest BCUT2D eigenvalue weighted by atomic mass is 10.1. The van der Waals surface area contributed by atoms with Crippen LogP contribution in [0.25, 0.3) is 0 Å². The summed E-state index contributed by atoms with van der Waals surface area (Å²) in [7, 11) is 0. The molecular formula is C12H14N4. The zero-order valence-corrected chi connectivity index (χ0v) is 9.22. The molecule has 0 bridgehead atoms. The average Bonchev–Trinajstić information content (AvgIpc) is 2.31. The fraction of sp³-hybridized carbons (Fsp3) is 0.250. The monoisotopic (exact) mass is 214 g/mol. The minimum absolute atomic E-state index is 0.786. The zero-order valence-electron chi connectivity index (χ0n) is 9.22. The Kier molecular flexibility index (Phi) is 3.43. The predicted octanol–water partition coefficient (Wildman–Crippen LogP) is 1.89. The molecule has 0 atom stereocenters. The van der Waals surface area contributed by atoms with Crippen LogP contribution in [-0.2, 0) is 6.42 Å². The maximum Gasteiger partial charge on any atom is 0.129 e. The molecule has 82 valence electrons. The van der Waals surface area contributed by atoms with Crippen LogP contribution in [0.2, 0.25) is 0 Å². The molecule has 2 rings (SSSR count). The van der Waals surface area contributed by atoms with Gasteiger partial charge in [-0.3, -0.25) is 4.98 Å². The second-order valence-electron chi connectivity index (χ2n) is 3.46. The van der Waals surface area contributed by atoms with E-state index in [4.69, 9.17) is 0 Å². The minimum Gasteiger partial charge on any atom is -0.370 e. The molecule has 0 aliphatic heterocycles. The fourth-order valence-corrected chi connectivity index (χ4v) is 1.48. The van der Waals surface area contributed by atoms with Gasteiger partial charge in [-0.15, -0.1) is 0 Å². The SMILES string of the molecule is CCNc1cc(Cc2cccnc2)ncn1. The number of pyridine rings is 1. The smallest absolute Gasteiger partial charge is 0.129 e. The van der Waals surface area contributed by atoms with E-state index in [-0.39, 0.29) is 0 Å².